The predicted molar refractivity (Wildman–Crippen MR) is 58.6 cm³/mol. The summed E-state index contributed by atoms with van der Waals surface area (Å²) in [5, 5.41) is 0. The zero-order valence-corrected chi connectivity index (χ0v) is 9.35. The zero-order chi connectivity index (χ0) is 10.7. The van der Waals surface area contributed by atoms with E-state index in [1.54, 1.807) is 29.9 Å². The Morgan fingerprint density at radius 1 is 1.40 bits per heavy atom. The fourth-order valence-corrected chi connectivity index (χ4v) is 3.13. The number of thiazole rings is 1. The van der Waals surface area contributed by atoms with E-state index in [1.807, 2.05) is 0 Å². The molecule has 15 heavy (non-hydrogen) atoms. The SMILES string of the molecule is O=S(Cc1cncs1)c1ccccc1F. The van der Waals surface area contributed by atoms with Crippen molar-refractivity contribution in [3.63, 3.8) is 0 Å². The lowest BCUT2D eigenvalue weighted by atomic mass is 10.3. The first-order chi connectivity index (χ1) is 7.27. The third-order valence-electron chi connectivity index (χ3n) is 1.84. The van der Waals surface area contributed by atoms with Crippen molar-refractivity contribution in [1.82, 2.24) is 4.98 Å². The fourth-order valence-electron chi connectivity index (χ4n) is 1.15. The summed E-state index contributed by atoms with van der Waals surface area (Å²) < 4.78 is 25.0. The van der Waals surface area contributed by atoms with Crippen LogP contribution in [0.5, 0.6) is 0 Å². The number of nitrogens with zero attached hydrogens (tertiary/aromatic N) is 1. The molecule has 1 aromatic carbocycles. The van der Waals surface area contributed by atoms with Gasteiger partial charge in [0.1, 0.15) is 5.82 Å². The summed E-state index contributed by atoms with van der Waals surface area (Å²) in [6.45, 7) is 0. The number of aromatic nitrogens is 1. The smallest absolute Gasteiger partial charge is 0.139 e. The molecule has 1 unspecified atom stereocenters. The molecule has 1 atom stereocenters. The van der Waals surface area contributed by atoms with Crippen LogP contribution in [0.2, 0.25) is 0 Å². The van der Waals surface area contributed by atoms with Crippen LogP contribution >= 0.6 is 11.3 Å². The van der Waals surface area contributed by atoms with Gasteiger partial charge in [0.15, 0.2) is 0 Å². The number of hydrogen-bond donors (Lipinski definition) is 0. The molecular weight excluding hydrogens is 233 g/mol. The maximum atomic E-state index is 13.3. The molecule has 1 heterocycles. The van der Waals surface area contributed by atoms with Crippen molar-refractivity contribution in [2.45, 2.75) is 10.6 Å². The molecule has 0 N–H and O–H groups in total. The highest BCUT2D eigenvalue weighted by atomic mass is 32.2. The highest BCUT2D eigenvalue weighted by Gasteiger charge is 2.10. The second kappa shape index (κ2) is 4.63. The van der Waals surface area contributed by atoms with Gasteiger partial charge in [0.25, 0.3) is 0 Å². The van der Waals surface area contributed by atoms with Gasteiger partial charge < -0.3 is 0 Å². The summed E-state index contributed by atoms with van der Waals surface area (Å²) in [5.41, 5.74) is 1.67. The van der Waals surface area contributed by atoms with E-state index < -0.39 is 16.6 Å². The Morgan fingerprint density at radius 3 is 2.87 bits per heavy atom. The van der Waals surface area contributed by atoms with E-state index in [2.05, 4.69) is 4.98 Å². The Hall–Kier alpha value is -1.07. The molecule has 1 aromatic heterocycles. The number of halogens is 1. The number of benzene rings is 1. The number of rotatable bonds is 3. The average Bonchev–Trinajstić information content (AvgIpc) is 2.71. The first-order valence-electron chi connectivity index (χ1n) is 4.27. The monoisotopic (exact) mass is 241 g/mol. The molecule has 5 heteroatoms. The lowest BCUT2D eigenvalue weighted by Crippen LogP contribution is -1.97. The maximum absolute atomic E-state index is 13.3. The maximum Gasteiger partial charge on any atom is 0.139 e. The quantitative estimate of drug-likeness (QED) is 0.826. The third kappa shape index (κ3) is 2.49. The first-order valence-corrected chi connectivity index (χ1v) is 6.47. The molecule has 0 fully saturated rings. The van der Waals surface area contributed by atoms with Gasteiger partial charge in [0, 0.05) is 11.1 Å². The van der Waals surface area contributed by atoms with Gasteiger partial charge >= 0.3 is 0 Å². The average molecular weight is 241 g/mol. The van der Waals surface area contributed by atoms with Crippen LogP contribution in [0.3, 0.4) is 0 Å². The van der Waals surface area contributed by atoms with Crippen molar-refractivity contribution in [2.24, 2.45) is 0 Å². The molecule has 0 radical (unpaired) electrons. The summed E-state index contributed by atoms with van der Waals surface area (Å²) in [6, 6.07) is 6.14. The van der Waals surface area contributed by atoms with Crippen molar-refractivity contribution < 1.29 is 8.60 Å². The second-order valence-corrected chi connectivity index (χ2v) is 5.28. The molecule has 0 saturated heterocycles. The summed E-state index contributed by atoms with van der Waals surface area (Å²) in [5.74, 6) is -0.0913. The standard InChI is InChI=1S/C10H8FNOS2/c11-9-3-1-2-4-10(9)15(13)6-8-5-12-7-14-8/h1-5,7H,6H2. The fraction of sp³-hybridized carbons (Fsp3) is 0.100. The summed E-state index contributed by atoms with van der Waals surface area (Å²) >= 11 is 1.43. The minimum absolute atomic E-state index is 0.255. The molecule has 0 aliphatic rings. The van der Waals surface area contributed by atoms with Gasteiger partial charge in [-0.2, -0.15) is 0 Å². The highest BCUT2D eigenvalue weighted by Crippen LogP contribution is 2.17. The van der Waals surface area contributed by atoms with Gasteiger partial charge in [0.05, 0.1) is 27.0 Å². The van der Waals surface area contributed by atoms with Gasteiger partial charge in [-0.3, -0.25) is 9.19 Å². The molecule has 0 aliphatic carbocycles. The van der Waals surface area contributed by atoms with Crippen LogP contribution < -0.4 is 0 Å². The van der Waals surface area contributed by atoms with Crippen LogP contribution in [-0.2, 0) is 16.6 Å². The van der Waals surface area contributed by atoms with Crippen molar-refractivity contribution in [1.29, 1.82) is 0 Å². The molecule has 2 rings (SSSR count). The van der Waals surface area contributed by atoms with Crippen molar-refractivity contribution in [2.75, 3.05) is 0 Å². The van der Waals surface area contributed by atoms with Crippen LogP contribution in [0.15, 0.2) is 40.9 Å². The van der Waals surface area contributed by atoms with E-state index in [0.717, 1.165) is 4.88 Å². The topological polar surface area (TPSA) is 30.0 Å². The Kier molecular flexibility index (Phi) is 3.23. The minimum atomic E-state index is -1.33. The molecular formula is C10H8FNOS2. The Balaban J connectivity index is 2.19. The van der Waals surface area contributed by atoms with Crippen molar-refractivity contribution in [3.8, 4) is 0 Å². The number of hydrogen-bond acceptors (Lipinski definition) is 3. The molecule has 0 aliphatic heterocycles. The van der Waals surface area contributed by atoms with Crippen molar-refractivity contribution >= 4 is 22.1 Å². The first kappa shape index (κ1) is 10.4. The van der Waals surface area contributed by atoms with Gasteiger partial charge in [-0.05, 0) is 12.1 Å². The second-order valence-electron chi connectivity index (χ2n) is 2.89. The van der Waals surface area contributed by atoms with Gasteiger partial charge in [-0.25, -0.2) is 4.39 Å². The molecule has 2 aromatic rings. The van der Waals surface area contributed by atoms with Crippen LogP contribution in [0.25, 0.3) is 0 Å². The lowest BCUT2D eigenvalue weighted by Gasteiger charge is -2.00. The van der Waals surface area contributed by atoms with E-state index >= 15 is 0 Å². The predicted octanol–water partition coefficient (Wildman–Crippen LogP) is 2.59. The van der Waals surface area contributed by atoms with E-state index in [4.69, 9.17) is 0 Å². The zero-order valence-electron chi connectivity index (χ0n) is 7.72. The van der Waals surface area contributed by atoms with Crippen molar-refractivity contribution in [3.05, 3.63) is 46.7 Å². The third-order valence-corrected chi connectivity index (χ3v) is 4.20. The Labute approximate surface area is 93.3 Å². The molecule has 2 nitrogen and oxygen atoms in total. The van der Waals surface area contributed by atoms with E-state index in [0.29, 0.717) is 5.75 Å². The van der Waals surface area contributed by atoms with Crippen LogP contribution in [0.4, 0.5) is 4.39 Å². The van der Waals surface area contributed by atoms with Crippen LogP contribution in [0, 0.1) is 5.82 Å². The van der Waals surface area contributed by atoms with Gasteiger partial charge in [0.2, 0.25) is 0 Å². The van der Waals surface area contributed by atoms with Crippen LogP contribution in [0.1, 0.15) is 4.88 Å². The van der Waals surface area contributed by atoms with E-state index in [-0.39, 0.29) is 4.90 Å². The highest BCUT2D eigenvalue weighted by molar-refractivity contribution is 7.84. The summed E-state index contributed by atoms with van der Waals surface area (Å²) in [7, 11) is -1.33. The lowest BCUT2D eigenvalue weighted by molar-refractivity contribution is 0.595. The van der Waals surface area contributed by atoms with E-state index in [9.17, 15) is 8.60 Å². The van der Waals surface area contributed by atoms with Gasteiger partial charge in [-0.1, -0.05) is 12.1 Å². The summed E-state index contributed by atoms with van der Waals surface area (Å²) in [4.78, 5) is 5.04. The Morgan fingerprint density at radius 2 is 2.20 bits per heavy atom. The molecule has 0 saturated carbocycles. The van der Waals surface area contributed by atoms with Crippen LogP contribution in [-0.4, -0.2) is 9.19 Å². The minimum Gasteiger partial charge on any atom is -0.254 e. The molecule has 0 amide bonds. The molecule has 78 valence electrons. The van der Waals surface area contributed by atoms with E-state index in [1.165, 1.54) is 17.4 Å². The normalized spacial score (nSPS) is 12.6. The van der Waals surface area contributed by atoms with Gasteiger partial charge in [-0.15, -0.1) is 11.3 Å². The molecule has 0 spiro atoms. The molecule has 0 bridgehead atoms. The Bertz CT molecular complexity index is 470. The summed E-state index contributed by atoms with van der Waals surface area (Å²) in [6.07, 6.45) is 1.66. The largest absolute Gasteiger partial charge is 0.254 e.